The Labute approximate surface area is 161 Å². The predicted molar refractivity (Wildman–Crippen MR) is 107 cm³/mol. The molecule has 2 aromatic heterocycles. The third-order valence-corrected chi connectivity index (χ3v) is 5.76. The van der Waals surface area contributed by atoms with Gasteiger partial charge in [0.15, 0.2) is 0 Å². The molecule has 8 heteroatoms. The Hall–Kier alpha value is -2.45. The van der Waals surface area contributed by atoms with Crippen molar-refractivity contribution in [1.82, 2.24) is 19.5 Å². The maximum atomic E-state index is 12.1. The summed E-state index contributed by atoms with van der Waals surface area (Å²) >= 11 is 1.48. The second kappa shape index (κ2) is 7.66. The van der Waals surface area contributed by atoms with E-state index in [1.165, 1.54) is 27.5 Å². The molecule has 0 unspecified atom stereocenters. The first kappa shape index (κ1) is 17.9. The van der Waals surface area contributed by atoms with Crippen LogP contribution in [0, 0.1) is 6.92 Å². The van der Waals surface area contributed by atoms with Gasteiger partial charge in [-0.25, -0.2) is 4.98 Å². The van der Waals surface area contributed by atoms with Crippen molar-refractivity contribution >= 4 is 21.4 Å². The van der Waals surface area contributed by atoms with Crippen LogP contribution in [0.1, 0.15) is 17.7 Å². The molecular formula is C19H23N5O2S. The smallest absolute Gasteiger partial charge is 0.275 e. The Kier molecular flexibility index (Phi) is 5.09. The summed E-state index contributed by atoms with van der Waals surface area (Å²) in [6.07, 6.45) is 1.06. The van der Waals surface area contributed by atoms with Crippen LogP contribution >= 0.6 is 11.3 Å². The molecule has 3 heterocycles. The lowest BCUT2D eigenvalue weighted by Crippen LogP contribution is -2.30. The molecule has 27 heavy (non-hydrogen) atoms. The van der Waals surface area contributed by atoms with Crippen molar-refractivity contribution in [2.45, 2.75) is 19.9 Å². The molecule has 0 spiro atoms. The van der Waals surface area contributed by atoms with Crippen LogP contribution in [0.5, 0.6) is 5.75 Å². The van der Waals surface area contributed by atoms with Crippen molar-refractivity contribution < 1.29 is 4.74 Å². The highest BCUT2D eigenvalue weighted by Crippen LogP contribution is 2.23. The number of methoxy groups -OCH3 is 1. The summed E-state index contributed by atoms with van der Waals surface area (Å²) in [7, 11) is 1.69. The van der Waals surface area contributed by atoms with Gasteiger partial charge in [0.2, 0.25) is 10.1 Å². The van der Waals surface area contributed by atoms with Gasteiger partial charge in [-0.15, -0.1) is 5.10 Å². The summed E-state index contributed by atoms with van der Waals surface area (Å²) in [6, 6.07) is 9.78. The highest BCUT2D eigenvalue weighted by atomic mass is 32.1. The van der Waals surface area contributed by atoms with Crippen molar-refractivity contribution in [3.8, 4) is 5.75 Å². The molecular weight excluding hydrogens is 362 g/mol. The molecule has 3 aromatic rings. The average Bonchev–Trinajstić information content (AvgIpc) is 2.95. The molecule has 0 saturated carbocycles. The van der Waals surface area contributed by atoms with Crippen molar-refractivity contribution in [1.29, 1.82) is 0 Å². The minimum absolute atomic E-state index is 0.115. The highest BCUT2D eigenvalue weighted by molar-refractivity contribution is 7.20. The number of anilines is 1. The summed E-state index contributed by atoms with van der Waals surface area (Å²) in [5.74, 6) is 0.885. The van der Waals surface area contributed by atoms with Crippen molar-refractivity contribution in [3.63, 3.8) is 0 Å². The van der Waals surface area contributed by atoms with E-state index < -0.39 is 0 Å². The van der Waals surface area contributed by atoms with Crippen LogP contribution in [0.2, 0.25) is 0 Å². The largest absolute Gasteiger partial charge is 0.497 e. The van der Waals surface area contributed by atoms with E-state index in [-0.39, 0.29) is 5.56 Å². The molecule has 0 aliphatic carbocycles. The predicted octanol–water partition coefficient (Wildman–Crippen LogP) is 2.18. The average molecular weight is 385 g/mol. The second-order valence-corrected chi connectivity index (χ2v) is 7.71. The summed E-state index contributed by atoms with van der Waals surface area (Å²) in [5.41, 5.74) is 1.91. The Morgan fingerprint density at radius 2 is 1.96 bits per heavy atom. The summed E-state index contributed by atoms with van der Waals surface area (Å²) in [5, 5.41) is 5.37. The number of ether oxygens (including phenoxy) is 1. The van der Waals surface area contributed by atoms with Gasteiger partial charge < -0.3 is 9.64 Å². The third-order valence-electron chi connectivity index (χ3n) is 4.79. The molecule has 0 N–H and O–H groups in total. The van der Waals surface area contributed by atoms with Crippen LogP contribution in [0.25, 0.3) is 4.96 Å². The first-order valence-electron chi connectivity index (χ1n) is 9.10. The fourth-order valence-electron chi connectivity index (χ4n) is 3.35. The number of fused-ring (bicyclic) bond motifs is 1. The van der Waals surface area contributed by atoms with Crippen LogP contribution in [0.4, 0.5) is 5.13 Å². The fraction of sp³-hybridized carbons (Fsp3) is 0.421. The number of rotatable bonds is 4. The van der Waals surface area contributed by atoms with Gasteiger partial charge in [-0.3, -0.25) is 9.69 Å². The van der Waals surface area contributed by atoms with E-state index in [2.05, 4.69) is 32.0 Å². The van der Waals surface area contributed by atoms with Gasteiger partial charge in [-0.1, -0.05) is 23.5 Å². The molecule has 0 radical (unpaired) electrons. The zero-order valence-electron chi connectivity index (χ0n) is 15.6. The SMILES string of the molecule is COc1ccc(CN2CCCN(c3nn4c(=O)cc(C)nc4s3)CC2)cc1. The molecule has 1 aliphatic heterocycles. The normalized spacial score (nSPS) is 15.9. The van der Waals surface area contributed by atoms with Crippen LogP contribution in [-0.4, -0.2) is 52.8 Å². The van der Waals surface area contributed by atoms with Crippen molar-refractivity contribution in [2.24, 2.45) is 0 Å². The van der Waals surface area contributed by atoms with Crippen LogP contribution in [-0.2, 0) is 6.54 Å². The van der Waals surface area contributed by atoms with E-state index in [4.69, 9.17) is 4.74 Å². The van der Waals surface area contributed by atoms with Gasteiger partial charge in [0.05, 0.1) is 7.11 Å². The fourth-order valence-corrected chi connectivity index (χ4v) is 4.35. The summed E-state index contributed by atoms with van der Waals surface area (Å²) < 4.78 is 6.64. The second-order valence-electron chi connectivity index (χ2n) is 6.78. The Bertz CT molecular complexity index is 982. The number of aromatic nitrogens is 3. The molecule has 1 fully saturated rings. The minimum Gasteiger partial charge on any atom is -0.497 e. The lowest BCUT2D eigenvalue weighted by molar-refractivity contribution is 0.285. The monoisotopic (exact) mass is 385 g/mol. The molecule has 1 aliphatic rings. The highest BCUT2D eigenvalue weighted by Gasteiger charge is 2.19. The number of benzene rings is 1. The van der Waals surface area contributed by atoms with E-state index in [0.717, 1.165) is 55.7 Å². The Morgan fingerprint density at radius 3 is 2.74 bits per heavy atom. The molecule has 142 valence electrons. The minimum atomic E-state index is -0.115. The van der Waals surface area contributed by atoms with Gasteiger partial charge in [-0.2, -0.15) is 4.52 Å². The van der Waals surface area contributed by atoms with Gasteiger partial charge >= 0.3 is 0 Å². The van der Waals surface area contributed by atoms with Gasteiger partial charge in [-0.05, 0) is 31.0 Å². The first-order valence-corrected chi connectivity index (χ1v) is 9.92. The van der Waals surface area contributed by atoms with E-state index in [0.29, 0.717) is 4.96 Å². The van der Waals surface area contributed by atoms with Crippen LogP contribution in [0.15, 0.2) is 35.1 Å². The summed E-state index contributed by atoms with van der Waals surface area (Å²) in [6.45, 7) is 6.60. The van der Waals surface area contributed by atoms with Gasteiger partial charge in [0, 0.05) is 44.5 Å². The van der Waals surface area contributed by atoms with Crippen molar-refractivity contribution in [3.05, 3.63) is 51.9 Å². The lowest BCUT2D eigenvalue weighted by Gasteiger charge is -2.21. The zero-order valence-corrected chi connectivity index (χ0v) is 16.4. The number of hydrogen-bond acceptors (Lipinski definition) is 7. The third kappa shape index (κ3) is 3.96. The van der Waals surface area contributed by atoms with Crippen LogP contribution < -0.4 is 15.2 Å². The number of nitrogens with zero attached hydrogens (tertiary/aromatic N) is 5. The lowest BCUT2D eigenvalue weighted by atomic mass is 10.2. The maximum absolute atomic E-state index is 12.1. The molecule has 7 nitrogen and oxygen atoms in total. The number of aryl methyl sites for hydroxylation is 1. The molecule has 0 bridgehead atoms. The van der Waals surface area contributed by atoms with Crippen LogP contribution in [0.3, 0.4) is 0 Å². The topological polar surface area (TPSA) is 63.0 Å². The first-order chi connectivity index (χ1) is 13.1. The molecule has 1 saturated heterocycles. The summed E-state index contributed by atoms with van der Waals surface area (Å²) in [4.78, 5) is 21.9. The van der Waals surface area contributed by atoms with Crippen molar-refractivity contribution in [2.75, 3.05) is 38.2 Å². The standard InChI is InChI=1S/C19H23N5O2S/c1-14-12-17(25)24-18(20-14)27-19(21-24)23-9-3-8-22(10-11-23)13-15-4-6-16(26-2)7-5-15/h4-7,12H,3,8-11,13H2,1-2H3. The number of hydrogen-bond donors (Lipinski definition) is 0. The quantitative estimate of drug-likeness (QED) is 0.686. The molecule has 4 rings (SSSR count). The molecule has 0 atom stereocenters. The van der Waals surface area contributed by atoms with Gasteiger partial charge in [0.25, 0.3) is 5.56 Å². The van der Waals surface area contributed by atoms with E-state index >= 15 is 0 Å². The Morgan fingerprint density at radius 1 is 1.15 bits per heavy atom. The van der Waals surface area contributed by atoms with Gasteiger partial charge in [0.1, 0.15) is 5.75 Å². The zero-order chi connectivity index (χ0) is 18.8. The van der Waals surface area contributed by atoms with E-state index in [9.17, 15) is 4.79 Å². The Balaban J connectivity index is 1.45. The van der Waals surface area contributed by atoms with E-state index in [1.807, 2.05) is 19.1 Å². The molecule has 0 amide bonds. The molecule has 1 aromatic carbocycles. The van der Waals surface area contributed by atoms with E-state index in [1.54, 1.807) is 7.11 Å². The maximum Gasteiger partial charge on any atom is 0.275 e.